The van der Waals surface area contributed by atoms with Crippen LogP contribution in [0.2, 0.25) is 0 Å². The lowest BCUT2D eigenvalue weighted by Gasteiger charge is -2.08. The maximum Gasteiger partial charge on any atom is 0.451 e. The van der Waals surface area contributed by atoms with Crippen LogP contribution >= 0.6 is 0 Å². The smallest absolute Gasteiger partial charge is 0.310 e. The van der Waals surface area contributed by atoms with E-state index >= 15 is 0 Å². The molecule has 1 N–H and O–H groups in total. The molecular formula is C7H9F3N4. The van der Waals surface area contributed by atoms with Gasteiger partial charge in [0, 0.05) is 6.54 Å². The number of halogens is 3. The summed E-state index contributed by atoms with van der Waals surface area (Å²) in [4.78, 5) is 0. The maximum atomic E-state index is 12.4. The Morgan fingerprint density at radius 1 is 1.29 bits per heavy atom. The average molecular weight is 206 g/mol. The molecule has 0 atom stereocenters. The van der Waals surface area contributed by atoms with Gasteiger partial charge in [-0.15, -0.1) is 10.2 Å². The van der Waals surface area contributed by atoms with Gasteiger partial charge < -0.3 is 9.88 Å². The van der Waals surface area contributed by atoms with Crippen molar-refractivity contribution >= 4 is 0 Å². The molecule has 0 bridgehead atoms. The third-order valence-electron chi connectivity index (χ3n) is 2.10. The van der Waals surface area contributed by atoms with Crippen molar-refractivity contribution in [1.29, 1.82) is 0 Å². The molecule has 0 radical (unpaired) electrons. The van der Waals surface area contributed by atoms with Gasteiger partial charge in [0.15, 0.2) is 0 Å². The van der Waals surface area contributed by atoms with E-state index in [-0.39, 0.29) is 0 Å². The lowest BCUT2D eigenvalue weighted by atomic mass is 10.4. The number of nitrogens with zero attached hydrogens (tertiary/aromatic N) is 3. The van der Waals surface area contributed by atoms with Crippen molar-refractivity contribution in [3.05, 3.63) is 11.6 Å². The van der Waals surface area contributed by atoms with Gasteiger partial charge in [-0.1, -0.05) is 0 Å². The summed E-state index contributed by atoms with van der Waals surface area (Å²) in [5, 5.41) is 9.65. The predicted octanol–water partition coefficient (Wildman–Crippen LogP) is 0.790. The highest BCUT2D eigenvalue weighted by atomic mass is 19.4. The zero-order valence-electron chi connectivity index (χ0n) is 7.30. The van der Waals surface area contributed by atoms with Crippen LogP contribution in [0.1, 0.15) is 18.1 Å². The number of alkyl halides is 3. The summed E-state index contributed by atoms with van der Waals surface area (Å²) >= 11 is 0. The molecule has 78 valence electrons. The zero-order valence-corrected chi connectivity index (χ0v) is 7.30. The molecule has 0 aromatic carbocycles. The van der Waals surface area contributed by atoms with Gasteiger partial charge in [0.1, 0.15) is 5.82 Å². The lowest BCUT2D eigenvalue weighted by molar-refractivity contribution is -0.147. The van der Waals surface area contributed by atoms with Crippen LogP contribution in [0.5, 0.6) is 0 Å². The molecule has 7 heteroatoms. The van der Waals surface area contributed by atoms with Gasteiger partial charge in [-0.3, -0.25) is 0 Å². The maximum absolute atomic E-state index is 12.4. The van der Waals surface area contributed by atoms with Crippen LogP contribution in [0.15, 0.2) is 0 Å². The Labute approximate surface area is 78.1 Å². The highest BCUT2D eigenvalue weighted by molar-refractivity contribution is 5.00. The Morgan fingerprint density at radius 2 is 2.07 bits per heavy atom. The normalized spacial score (nSPS) is 17.6. The van der Waals surface area contributed by atoms with Crippen LogP contribution in [0, 0.1) is 0 Å². The second kappa shape index (κ2) is 3.23. The number of hydrogen-bond donors (Lipinski definition) is 1. The van der Waals surface area contributed by atoms with Crippen molar-refractivity contribution in [1.82, 2.24) is 20.1 Å². The molecule has 0 amide bonds. The van der Waals surface area contributed by atoms with Crippen LogP contribution in [0.3, 0.4) is 0 Å². The van der Waals surface area contributed by atoms with E-state index in [1.807, 2.05) is 0 Å². The molecular weight excluding hydrogens is 197 g/mol. The Kier molecular flexibility index (Phi) is 2.18. The Balaban J connectivity index is 2.39. The van der Waals surface area contributed by atoms with Gasteiger partial charge in [0.25, 0.3) is 0 Å². The largest absolute Gasteiger partial charge is 0.451 e. The van der Waals surface area contributed by atoms with Crippen LogP contribution in [0.4, 0.5) is 13.2 Å². The molecule has 0 saturated carbocycles. The lowest BCUT2D eigenvalue weighted by Crippen LogP contribution is -2.16. The first-order valence-electron chi connectivity index (χ1n) is 4.29. The second-order valence-electron chi connectivity index (χ2n) is 3.12. The first kappa shape index (κ1) is 9.45. The first-order valence-corrected chi connectivity index (χ1v) is 4.29. The Morgan fingerprint density at radius 3 is 2.79 bits per heavy atom. The van der Waals surface area contributed by atoms with Gasteiger partial charge in [0.2, 0.25) is 5.82 Å². The molecule has 1 aliphatic heterocycles. The van der Waals surface area contributed by atoms with Gasteiger partial charge in [-0.25, -0.2) is 0 Å². The highest BCUT2D eigenvalue weighted by Crippen LogP contribution is 2.28. The number of fused-ring (bicyclic) bond motifs is 1. The summed E-state index contributed by atoms with van der Waals surface area (Å²) in [5.41, 5.74) is 0. The molecule has 1 aliphatic rings. The topological polar surface area (TPSA) is 42.7 Å². The van der Waals surface area contributed by atoms with Gasteiger partial charge in [-0.2, -0.15) is 13.2 Å². The fraction of sp³-hybridized carbons (Fsp3) is 0.714. The SMILES string of the molecule is FC(F)(F)c1nnc2n1CCCNC2. The van der Waals surface area contributed by atoms with E-state index in [4.69, 9.17) is 0 Å². The van der Waals surface area contributed by atoms with E-state index in [1.165, 1.54) is 0 Å². The monoisotopic (exact) mass is 206 g/mol. The van der Waals surface area contributed by atoms with E-state index in [0.717, 1.165) is 4.57 Å². The third-order valence-corrected chi connectivity index (χ3v) is 2.10. The van der Waals surface area contributed by atoms with Crippen molar-refractivity contribution in [2.75, 3.05) is 6.54 Å². The summed E-state index contributed by atoms with van der Waals surface area (Å²) in [5.74, 6) is -0.536. The van der Waals surface area contributed by atoms with Gasteiger partial charge in [-0.05, 0) is 13.0 Å². The summed E-state index contributed by atoms with van der Waals surface area (Å²) in [6, 6.07) is 0. The number of hydrogen-bond acceptors (Lipinski definition) is 3. The van der Waals surface area contributed by atoms with Crippen molar-refractivity contribution in [3.8, 4) is 0 Å². The second-order valence-corrected chi connectivity index (χ2v) is 3.12. The minimum atomic E-state index is -4.41. The van der Waals surface area contributed by atoms with Crippen molar-refractivity contribution < 1.29 is 13.2 Å². The Hall–Kier alpha value is -1.11. The minimum Gasteiger partial charge on any atom is -0.310 e. The van der Waals surface area contributed by atoms with Crippen LogP contribution in [0.25, 0.3) is 0 Å². The molecule has 0 fully saturated rings. The van der Waals surface area contributed by atoms with Crippen molar-refractivity contribution in [2.24, 2.45) is 0 Å². The molecule has 0 spiro atoms. The van der Waals surface area contributed by atoms with Crippen LogP contribution in [-0.4, -0.2) is 21.3 Å². The highest BCUT2D eigenvalue weighted by Gasteiger charge is 2.38. The number of rotatable bonds is 0. The zero-order chi connectivity index (χ0) is 10.2. The van der Waals surface area contributed by atoms with E-state index in [0.29, 0.717) is 31.9 Å². The molecule has 2 heterocycles. The van der Waals surface area contributed by atoms with Crippen molar-refractivity contribution in [3.63, 3.8) is 0 Å². The van der Waals surface area contributed by atoms with E-state index in [1.54, 1.807) is 0 Å². The molecule has 0 saturated heterocycles. The fourth-order valence-electron chi connectivity index (χ4n) is 1.47. The fourth-order valence-corrected chi connectivity index (χ4v) is 1.47. The summed E-state index contributed by atoms with van der Waals surface area (Å²) < 4.78 is 38.3. The average Bonchev–Trinajstić information content (AvgIpc) is 2.36. The molecule has 1 aromatic heterocycles. The third kappa shape index (κ3) is 1.59. The summed E-state index contributed by atoms with van der Waals surface area (Å²) in [7, 11) is 0. The van der Waals surface area contributed by atoms with Crippen LogP contribution < -0.4 is 5.32 Å². The van der Waals surface area contributed by atoms with E-state index in [9.17, 15) is 13.2 Å². The minimum absolute atomic E-state index is 0.324. The molecule has 14 heavy (non-hydrogen) atoms. The summed E-state index contributed by atoms with van der Waals surface area (Å²) in [6.07, 6.45) is -3.75. The Bertz CT molecular complexity index is 330. The molecule has 0 unspecified atom stereocenters. The van der Waals surface area contributed by atoms with Crippen LogP contribution in [-0.2, 0) is 19.3 Å². The first-order chi connectivity index (χ1) is 6.59. The number of aromatic nitrogens is 3. The van der Waals surface area contributed by atoms with Gasteiger partial charge in [0.05, 0.1) is 6.54 Å². The summed E-state index contributed by atoms with van der Waals surface area (Å²) in [6.45, 7) is 1.38. The molecule has 0 aliphatic carbocycles. The molecule has 2 rings (SSSR count). The quantitative estimate of drug-likeness (QED) is 0.682. The number of nitrogens with one attached hydrogen (secondary N) is 1. The van der Waals surface area contributed by atoms with Gasteiger partial charge >= 0.3 is 6.18 Å². The van der Waals surface area contributed by atoms with E-state index in [2.05, 4.69) is 15.5 Å². The van der Waals surface area contributed by atoms with E-state index < -0.39 is 12.0 Å². The molecule has 1 aromatic rings. The predicted molar refractivity (Wildman–Crippen MR) is 41.3 cm³/mol. The standard InChI is InChI=1S/C7H9F3N4/c8-7(9,10)6-13-12-5-4-11-2-1-3-14(5)6/h11H,1-4H2. The molecule has 4 nitrogen and oxygen atoms in total. The van der Waals surface area contributed by atoms with Crippen molar-refractivity contribution in [2.45, 2.75) is 25.7 Å².